The van der Waals surface area contributed by atoms with Crippen molar-refractivity contribution in [2.75, 3.05) is 5.32 Å². The lowest BCUT2D eigenvalue weighted by atomic mass is 10.1. The van der Waals surface area contributed by atoms with Gasteiger partial charge in [-0.3, -0.25) is 10.1 Å². The minimum atomic E-state index is -0.529. The summed E-state index contributed by atoms with van der Waals surface area (Å²) in [4.78, 5) is 10.8. The van der Waals surface area contributed by atoms with Crippen LogP contribution in [0.4, 0.5) is 11.4 Å². The van der Waals surface area contributed by atoms with Gasteiger partial charge in [-0.1, -0.05) is 42.0 Å². The molecule has 146 valence electrons. The number of hydrogen-bond donors (Lipinski definition) is 1. The average molecular weight is 405 g/mol. The molecule has 29 heavy (non-hydrogen) atoms. The molecule has 0 amide bonds. The standard InChI is InChI=1S/C22H19N3O3S/c1-15-8-10-18(11-9-15)23-22(29)20(24-12-4-5-16(2)14-24)21(26)17-6-3-7-19(13-17)25(27)28/h3-14H,1-2H3,(H-,23,26,29). The largest absolute Gasteiger partial charge is 0.867 e. The number of nitrogens with zero attached hydrogens (tertiary/aromatic N) is 2. The minimum Gasteiger partial charge on any atom is -0.867 e. The van der Waals surface area contributed by atoms with Crippen molar-refractivity contribution < 1.29 is 14.6 Å². The van der Waals surface area contributed by atoms with Crippen molar-refractivity contribution >= 4 is 40.0 Å². The summed E-state index contributed by atoms with van der Waals surface area (Å²) in [5.74, 6) is -0.408. The Hall–Kier alpha value is -3.58. The highest BCUT2D eigenvalue weighted by Gasteiger charge is 2.20. The molecular formula is C22H19N3O3S. The van der Waals surface area contributed by atoms with Gasteiger partial charge < -0.3 is 10.4 Å². The normalized spacial score (nSPS) is 11.5. The highest BCUT2D eigenvalue weighted by atomic mass is 32.1. The summed E-state index contributed by atoms with van der Waals surface area (Å²) in [7, 11) is 0. The van der Waals surface area contributed by atoms with E-state index >= 15 is 0 Å². The first-order valence-corrected chi connectivity index (χ1v) is 9.28. The molecule has 6 nitrogen and oxygen atoms in total. The van der Waals surface area contributed by atoms with E-state index in [2.05, 4.69) is 5.32 Å². The van der Waals surface area contributed by atoms with Gasteiger partial charge in [-0.05, 0) is 43.4 Å². The topological polar surface area (TPSA) is 82.1 Å². The molecule has 0 radical (unpaired) electrons. The van der Waals surface area contributed by atoms with E-state index in [0.717, 1.165) is 16.8 Å². The van der Waals surface area contributed by atoms with Crippen molar-refractivity contribution in [1.29, 1.82) is 0 Å². The van der Waals surface area contributed by atoms with Crippen LogP contribution in [0.1, 0.15) is 16.7 Å². The molecule has 0 aliphatic heterocycles. The van der Waals surface area contributed by atoms with Crippen molar-refractivity contribution in [3.8, 4) is 0 Å². The van der Waals surface area contributed by atoms with Crippen LogP contribution in [0.5, 0.6) is 0 Å². The molecule has 0 saturated heterocycles. The van der Waals surface area contributed by atoms with Gasteiger partial charge in [0.1, 0.15) is 0 Å². The predicted octanol–water partition coefficient (Wildman–Crippen LogP) is 3.62. The molecule has 3 rings (SSSR count). The fourth-order valence-electron chi connectivity index (χ4n) is 2.79. The molecule has 0 spiro atoms. The Morgan fingerprint density at radius 2 is 1.76 bits per heavy atom. The van der Waals surface area contributed by atoms with Crippen molar-refractivity contribution in [2.24, 2.45) is 0 Å². The van der Waals surface area contributed by atoms with Crippen LogP contribution in [0.25, 0.3) is 11.5 Å². The minimum absolute atomic E-state index is 0.151. The van der Waals surface area contributed by atoms with Crippen LogP contribution >= 0.6 is 12.2 Å². The molecule has 0 aliphatic carbocycles. The second-order valence-electron chi connectivity index (χ2n) is 6.59. The van der Waals surface area contributed by atoms with Crippen LogP contribution in [-0.4, -0.2) is 9.91 Å². The molecule has 1 aromatic heterocycles. The lowest BCUT2D eigenvalue weighted by Crippen LogP contribution is -2.40. The molecule has 3 aromatic rings. The third-order valence-corrected chi connectivity index (χ3v) is 4.56. The number of aryl methyl sites for hydroxylation is 2. The molecule has 2 aromatic carbocycles. The fraction of sp³-hybridized carbons (Fsp3) is 0.0909. The summed E-state index contributed by atoms with van der Waals surface area (Å²) in [5, 5.41) is 27.5. The first-order chi connectivity index (χ1) is 13.8. The molecule has 0 unspecified atom stereocenters. The lowest BCUT2D eigenvalue weighted by Gasteiger charge is -2.17. The van der Waals surface area contributed by atoms with Gasteiger partial charge in [-0.15, -0.1) is 0 Å². The second kappa shape index (κ2) is 8.62. The summed E-state index contributed by atoms with van der Waals surface area (Å²) in [6.07, 6.45) is 3.51. The first kappa shape index (κ1) is 20.2. The molecule has 7 heteroatoms. The quantitative estimate of drug-likeness (QED) is 0.175. The Morgan fingerprint density at radius 1 is 1.03 bits per heavy atom. The van der Waals surface area contributed by atoms with Gasteiger partial charge in [0.05, 0.1) is 4.92 Å². The summed E-state index contributed by atoms with van der Waals surface area (Å²) < 4.78 is 1.64. The smallest absolute Gasteiger partial charge is 0.270 e. The lowest BCUT2D eigenvalue weighted by molar-refractivity contribution is -0.578. The third kappa shape index (κ3) is 4.83. The molecule has 0 fully saturated rings. The summed E-state index contributed by atoms with van der Waals surface area (Å²) in [5.41, 5.74) is 3.04. The first-order valence-electron chi connectivity index (χ1n) is 8.87. The monoisotopic (exact) mass is 405 g/mol. The molecule has 1 N–H and O–H groups in total. The number of benzene rings is 2. The van der Waals surface area contributed by atoms with Gasteiger partial charge >= 0.3 is 0 Å². The summed E-state index contributed by atoms with van der Waals surface area (Å²) >= 11 is 5.55. The van der Waals surface area contributed by atoms with Crippen LogP contribution in [0.3, 0.4) is 0 Å². The van der Waals surface area contributed by atoms with E-state index in [0.29, 0.717) is 0 Å². The van der Waals surface area contributed by atoms with Crippen LogP contribution in [-0.2, 0) is 0 Å². The number of pyridine rings is 1. The molecule has 0 bridgehead atoms. The van der Waals surface area contributed by atoms with E-state index in [1.54, 1.807) is 23.0 Å². The van der Waals surface area contributed by atoms with Gasteiger partial charge in [0, 0.05) is 29.4 Å². The number of thiocarbonyl (C=S) groups is 1. The van der Waals surface area contributed by atoms with Crippen LogP contribution in [0.15, 0.2) is 73.1 Å². The third-order valence-electron chi connectivity index (χ3n) is 4.27. The van der Waals surface area contributed by atoms with E-state index in [1.807, 2.05) is 50.2 Å². The maximum absolute atomic E-state index is 13.3. The molecule has 0 aliphatic rings. The molecule has 1 heterocycles. The Bertz CT molecular complexity index is 1110. The van der Waals surface area contributed by atoms with E-state index in [-0.39, 0.29) is 21.9 Å². The summed E-state index contributed by atoms with van der Waals surface area (Å²) in [6, 6.07) is 17.0. The van der Waals surface area contributed by atoms with Crippen molar-refractivity contribution in [2.45, 2.75) is 13.8 Å². The maximum atomic E-state index is 13.3. The van der Waals surface area contributed by atoms with E-state index in [4.69, 9.17) is 12.2 Å². The van der Waals surface area contributed by atoms with Gasteiger partial charge in [0.15, 0.2) is 17.4 Å². The van der Waals surface area contributed by atoms with Crippen molar-refractivity contribution in [1.82, 2.24) is 0 Å². The van der Waals surface area contributed by atoms with Crippen LogP contribution < -0.4 is 15.0 Å². The number of rotatable bonds is 5. The number of nitrogens with one attached hydrogen (secondary N) is 1. The Balaban J connectivity index is 2.10. The zero-order valence-electron chi connectivity index (χ0n) is 16.0. The highest BCUT2D eigenvalue weighted by molar-refractivity contribution is 7.81. The van der Waals surface area contributed by atoms with Crippen molar-refractivity contribution in [3.05, 3.63) is 99.9 Å². The number of anilines is 1. The van der Waals surface area contributed by atoms with Crippen LogP contribution in [0, 0.1) is 24.0 Å². The predicted molar refractivity (Wildman–Crippen MR) is 115 cm³/mol. The molecular weight excluding hydrogens is 386 g/mol. The van der Waals surface area contributed by atoms with E-state index < -0.39 is 10.7 Å². The molecule has 0 atom stereocenters. The number of nitro groups is 1. The average Bonchev–Trinajstić information content (AvgIpc) is 2.70. The number of hydrogen-bond acceptors (Lipinski definition) is 4. The Kier molecular flexibility index (Phi) is 5.99. The van der Waals surface area contributed by atoms with Gasteiger partial charge in [0.25, 0.3) is 5.69 Å². The number of non-ortho nitro benzene ring substituents is 1. The highest BCUT2D eigenvalue weighted by Crippen LogP contribution is 2.21. The second-order valence-corrected chi connectivity index (χ2v) is 7.00. The van der Waals surface area contributed by atoms with Gasteiger partial charge in [0.2, 0.25) is 5.70 Å². The van der Waals surface area contributed by atoms with Gasteiger partial charge in [-0.2, -0.15) is 4.57 Å². The van der Waals surface area contributed by atoms with Gasteiger partial charge in [-0.25, -0.2) is 0 Å². The number of aromatic nitrogens is 1. The summed E-state index contributed by atoms with van der Waals surface area (Å²) in [6.45, 7) is 3.89. The molecule has 0 saturated carbocycles. The zero-order valence-corrected chi connectivity index (χ0v) is 16.8. The van der Waals surface area contributed by atoms with E-state index in [9.17, 15) is 15.2 Å². The zero-order chi connectivity index (χ0) is 21.0. The van der Waals surface area contributed by atoms with Crippen molar-refractivity contribution in [3.63, 3.8) is 0 Å². The fourth-order valence-corrected chi connectivity index (χ4v) is 3.11. The van der Waals surface area contributed by atoms with Crippen LogP contribution in [0.2, 0.25) is 0 Å². The Morgan fingerprint density at radius 3 is 2.41 bits per heavy atom. The Labute approximate surface area is 173 Å². The number of nitro benzene ring substituents is 1. The maximum Gasteiger partial charge on any atom is 0.270 e. The SMILES string of the molecule is Cc1ccc(NC(=S)C(=C([O-])c2cccc([N+](=O)[O-])c2)[n+]2cccc(C)c2)cc1. The van der Waals surface area contributed by atoms with E-state index in [1.165, 1.54) is 18.2 Å².